The van der Waals surface area contributed by atoms with E-state index < -0.39 is 29.3 Å². The number of aliphatic hydroxyl groups is 1. The summed E-state index contributed by atoms with van der Waals surface area (Å²) >= 11 is 0. The molecule has 0 spiro atoms. The van der Waals surface area contributed by atoms with Crippen LogP contribution in [0.2, 0.25) is 0 Å². The average molecular weight is 289 g/mol. The molecule has 1 rings (SSSR count). The van der Waals surface area contributed by atoms with E-state index in [1.165, 1.54) is 19.1 Å². The standard InChI is InChI=1S/C14H18F3NO2/c1-9(19)13(2,3)18-12(20)8-10-5-4-6-11(7-10)14(15,16)17/h4-7,9,19H,8H2,1-3H3,(H,18,20). The summed E-state index contributed by atoms with van der Waals surface area (Å²) < 4.78 is 37.6. The molecule has 0 aliphatic rings. The van der Waals surface area contributed by atoms with Crippen molar-refractivity contribution in [2.24, 2.45) is 0 Å². The van der Waals surface area contributed by atoms with Crippen LogP contribution in [0.25, 0.3) is 0 Å². The zero-order chi connectivity index (χ0) is 15.6. The highest BCUT2D eigenvalue weighted by atomic mass is 19.4. The summed E-state index contributed by atoms with van der Waals surface area (Å²) in [4.78, 5) is 11.8. The van der Waals surface area contributed by atoms with Crippen molar-refractivity contribution in [1.82, 2.24) is 5.32 Å². The minimum Gasteiger partial charge on any atom is -0.391 e. The Hall–Kier alpha value is -1.56. The summed E-state index contributed by atoms with van der Waals surface area (Å²) in [5.74, 6) is -0.435. The summed E-state index contributed by atoms with van der Waals surface area (Å²) in [5, 5.41) is 12.1. The summed E-state index contributed by atoms with van der Waals surface area (Å²) in [6.07, 6.45) is -5.36. The van der Waals surface area contributed by atoms with Gasteiger partial charge >= 0.3 is 6.18 Å². The van der Waals surface area contributed by atoms with E-state index in [4.69, 9.17) is 0 Å². The van der Waals surface area contributed by atoms with Crippen molar-refractivity contribution in [3.63, 3.8) is 0 Å². The third kappa shape index (κ3) is 4.52. The molecule has 0 aliphatic heterocycles. The Balaban J connectivity index is 2.77. The highest BCUT2D eigenvalue weighted by Crippen LogP contribution is 2.29. The largest absolute Gasteiger partial charge is 0.416 e. The molecule has 2 N–H and O–H groups in total. The van der Waals surface area contributed by atoms with Crippen molar-refractivity contribution in [2.45, 2.75) is 45.0 Å². The molecule has 0 saturated carbocycles. The lowest BCUT2D eigenvalue weighted by Gasteiger charge is -2.29. The van der Waals surface area contributed by atoms with E-state index in [1.54, 1.807) is 13.8 Å². The molecule has 1 atom stereocenters. The number of carbonyl (C=O) groups is 1. The number of benzene rings is 1. The van der Waals surface area contributed by atoms with Crippen molar-refractivity contribution < 1.29 is 23.1 Å². The lowest BCUT2D eigenvalue weighted by Crippen LogP contribution is -2.51. The zero-order valence-corrected chi connectivity index (χ0v) is 11.6. The summed E-state index contributed by atoms with van der Waals surface area (Å²) in [7, 11) is 0. The molecule has 0 aromatic heterocycles. The maximum Gasteiger partial charge on any atom is 0.416 e. The van der Waals surface area contributed by atoms with Crippen molar-refractivity contribution in [3.8, 4) is 0 Å². The van der Waals surface area contributed by atoms with E-state index >= 15 is 0 Å². The Morgan fingerprint density at radius 1 is 1.35 bits per heavy atom. The van der Waals surface area contributed by atoms with Crippen LogP contribution in [0.5, 0.6) is 0 Å². The summed E-state index contributed by atoms with van der Waals surface area (Å²) in [6.45, 7) is 4.81. The number of alkyl halides is 3. The van der Waals surface area contributed by atoms with E-state index in [0.29, 0.717) is 0 Å². The molecule has 112 valence electrons. The van der Waals surface area contributed by atoms with Crippen molar-refractivity contribution >= 4 is 5.91 Å². The van der Waals surface area contributed by atoms with Crippen LogP contribution in [0, 0.1) is 0 Å². The minimum atomic E-state index is -4.43. The van der Waals surface area contributed by atoms with Gasteiger partial charge in [-0.2, -0.15) is 13.2 Å². The molecule has 1 unspecified atom stereocenters. The number of rotatable bonds is 4. The molecule has 1 aromatic carbocycles. The number of carbonyl (C=O) groups excluding carboxylic acids is 1. The highest BCUT2D eigenvalue weighted by Gasteiger charge is 2.31. The van der Waals surface area contributed by atoms with Crippen LogP contribution >= 0.6 is 0 Å². The van der Waals surface area contributed by atoms with Gasteiger partial charge in [-0.1, -0.05) is 18.2 Å². The Kier molecular flexibility index (Phi) is 4.81. The van der Waals surface area contributed by atoms with Gasteiger partial charge in [0.15, 0.2) is 0 Å². The molecule has 0 fully saturated rings. The second-order valence-electron chi connectivity index (χ2n) is 5.32. The average Bonchev–Trinajstić information content (AvgIpc) is 2.26. The van der Waals surface area contributed by atoms with Crippen LogP contribution < -0.4 is 5.32 Å². The number of halogens is 3. The predicted molar refractivity (Wildman–Crippen MR) is 69.1 cm³/mol. The molecule has 0 aliphatic carbocycles. The first-order valence-corrected chi connectivity index (χ1v) is 6.17. The molecule has 0 bridgehead atoms. The van der Waals surface area contributed by atoms with Gasteiger partial charge in [-0.25, -0.2) is 0 Å². The second-order valence-corrected chi connectivity index (χ2v) is 5.32. The predicted octanol–water partition coefficient (Wildman–Crippen LogP) is 2.52. The van der Waals surface area contributed by atoms with Crippen molar-refractivity contribution in [1.29, 1.82) is 0 Å². The molecule has 1 aromatic rings. The summed E-state index contributed by atoms with van der Waals surface area (Å²) in [6, 6.07) is 4.64. The van der Waals surface area contributed by atoms with Crippen LogP contribution in [0.4, 0.5) is 13.2 Å². The highest BCUT2D eigenvalue weighted by molar-refractivity contribution is 5.79. The monoisotopic (exact) mass is 289 g/mol. The van der Waals surface area contributed by atoms with Gasteiger partial charge in [-0.15, -0.1) is 0 Å². The number of hydrogen-bond acceptors (Lipinski definition) is 2. The fourth-order valence-corrected chi connectivity index (χ4v) is 1.55. The van der Waals surface area contributed by atoms with E-state index in [2.05, 4.69) is 5.32 Å². The van der Waals surface area contributed by atoms with Crippen LogP contribution in [0.15, 0.2) is 24.3 Å². The third-order valence-corrected chi connectivity index (χ3v) is 3.13. The van der Waals surface area contributed by atoms with E-state index in [0.717, 1.165) is 12.1 Å². The quantitative estimate of drug-likeness (QED) is 0.895. The fourth-order valence-electron chi connectivity index (χ4n) is 1.55. The van der Waals surface area contributed by atoms with Crippen molar-refractivity contribution in [2.75, 3.05) is 0 Å². The van der Waals surface area contributed by atoms with Gasteiger partial charge in [0, 0.05) is 0 Å². The summed E-state index contributed by atoms with van der Waals surface area (Å²) in [5.41, 5.74) is -1.34. The van der Waals surface area contributed by atoms with Crippen molar-refractivity contribution in [3.05, 3.63) is 35.4 Å². The van der Waals surface area contributed by atoms with Gasteiger partial charge in [0.1, 0.15) is 0 Å². The first-order valence-electron chi connectivity index (χ1n) is 6.17. The number of amides is 1. The zero-order valence-electron chi connectivity index (χ0n) is 11.6. The number of aliphatic hydroxyl groups excluding tert-OH is 1. The third-order valence-electron chi connectivity index (χ3n) is 3.13. The SMILES string of the molecule is CC(O)C(C)(C)NC(=O)Cc1cccc(C(F)(F)F)c1. The molecule has 0 saturated heterocycles. The van der Waals surface area contributed by atoms with Gasteiger partial charge in [-0.05, 0) is 32.4 Å². The smallest absolute Gasteiger partial charge is 0.391 e. The van der Waals surface area contributed by atoms with E-state index in [1.807, 2.05) is 0 Å². The van der Waals surface area contributed by atoms with Gasteiger partial charge < -0.3 is 10.4 Å². The Bertz CT molecular complexity index is 482. The molecular weight excluding hydrogens is 271 g/mol. The van der Waals surface area contributed by atoms with Crippen LogP contribution in [0.3, 0.4) is 0 Å². The van der Waals surface area contributed by atoms with Crippen LogP contribution in [-0.4, -0.2) is 22.7 Å². The topological polar surface area (TPSA) is 49.3 Å². The second kappa shape index (κ2) is 5.83. The van der Waals surface area contributed by atoms with Crippen LogP contribution in [0.1, 0.15) is 31.9 Å². The van der Waals surface area contributed by atoms with Gasteiger partial charge in [0.25, 0.3) is 0 Å². The normalized spacial score (nSPS) is 13.9. The Morgan fingerprint density at radius 2 is 1.95 bits per heavy atom. The molecule has 6 heteroatoms. The Morgan fingerprint density at radius 3 is 2.45 bits per heavy atom. The fraction of sp³-hybridized carbons (Fsp3) is 0.500. The van der Waals surface area contributed by atoms with E-state index in [-0.39, 0.29) is 12.0 Å². The maximum absolute atomic E-state index is 12.5. The first-order chi connectivity index (χ1) is 9.02. The molecule has 20 heavy (non-hydrogen) atoms. The number of nitrogens with one attached hydrogen (secondary N) is 1. The van der Waals surface area contributed by atoms with E-state index in [9.17, 15) is 23.1 Å². The molecule has 0 radical (unpaired) electrons. The lowest BCUT2D eigenvalue weighted by atomic mass is 9.98. The first kappa shape index (κ1) is 16.5. The molecule has 1 amide bonds. The van der Waals surface area contributed by atoms with Gasteiger partial charge in [-0.3, -0.25) is 4.79 Å². The minimum absolute atomic E-state index is 0.167. The molecule has 3 nitrogen and oxygen atoms in total. The van der Waals surface area contributed by atoms with Gasteiger partial charge in [0.2, 0.25) is 5.91 Å². The molecular formula is C14H18F3NO2. The maximum atomic E-state index is 12.5. The van der Waals surface area contributed by atoms with Crippen LogP contribution in [-0.2, 0) is 17.4 Å². The number of hydrogen-bond donors (Lipinski definition) is 2. The lowest BCUT2D eigenvalue weighted by molar-refractivity contribution is -0.137. The van der Waals surface area contributed by atoms with Gasteiger partial charge in [0.05, 0.1) is 23.6 Å². The molecule has 0 heterocycles. The Labute approximate surface area is 115 Å².